The zero-order valence-corrected chi connectivity index (χ0v) is 12.8. The van der Waals surface area contributed by atoms with E-state index in [4.69, 9.17) is 5.11 Å². The van der Waals surface area contributed by atoms with Crippen LogP contribution in [0.3, 0.4) is 0 Å². The van der Waals surface area contributed by atoms with Crippen molar-refractivity contribution in [2.45, 2.75) is 6.92 Å². The number of carboxylic acid groups (broad SMARTS) is 1. The molecule has 1 N–H and O–H groups in total. The predicted molar refractivity (Wildman–Crippen MR) is 80.9 cm³/mol. The molecule has 0 saturated carbocycles. The molecule has 0 bridgehead atoms. The van der Waals surface area contributed by atoms with Gasteiger partial charge >= 0.3 is 5.97 Å². The lowest BCUT2D eigenvalue weighted by atomic mass is 10.2. The molecule has 5 nitrogen and oxygen atoms in total. The van der Waals surface area contributed by atoms with Gasteiger partial charge in [0.2, 0.25) is 5.91 Å². The van der Waals surface area contributed by atoms with Gasteiger partial charge in [0, 0.05) is 24.0 Å². The van der Waals surface area contributed by atoms with Crippen LogP contribution in [0.1, 0.15) is 10.4 Å². The van der Waals surface area contributed by atoms with Crippen LogP contribution in [0.25, 0.3) is 6.08 Å². The van der Waals surface area contributed by atoms with Crippen molar-refractivity contribution in [3.63, 3.8) is 0 Å². The Morgan fingerprint density at radius 2 is 2.05 bits per heavy atom. The van der Waals surface area contributed by atoms with E-state index in [0.717, 1.165) is 10.4 Å². The first kappa shape index (κ1) is 16.4. The second kappa shape index (κ2) is 7.81. The molecular formula is C14H20N2O3S. The van der Waals surface area contributed by atoms with Gasteiger partial charge in [-0.1, -0.05) is 0 Å². The number of nitrogens with zero attached hydrogens (tertiary/aromatic N) is 2. The molecule has 0 aliphatic carbocycles. The first-order chi connectivity index (χ1) is 9.40. The van der Waals surface area contributed by atoms with Crippen molar-refractivity contribution >= 4 is 29.3 Å². The Bertz CT molecular complexity index is 494. The summed E-state index contributed by atoms with van der Waals surface area (Å²) < 4.78 is 0. The highest BCUT2D eigenvalue weighted by Gasteiger charge is 2.14. The lowest BCUT2D eigenvalue weighted by Gasteiger charge is -2.21. The molecule has 0 saturated heterocycles. The summed E-state index contributed by atoms with van der Waals surface area (Å²) in [6.07, 6.45) is 3.18. The van der Waals surface area contributed by atoms with Gasteiger partial charge in [0.1, 0.15) is 6.54 Å². The molecule has 0 radical (unpaired) electrons. The number of aliphatic carboxylic acids is 1. The van der Waals surface area contributed by atoms with Crippen LogP contribution in [0.2, 0.25) is 0 Å². The van der Waals surface area contributed by atoms with Crippen molar-refractivity contribution in [3.05, 3.63) is 28.0 Å². The van der Waals surface area contributed by atoms with Crippen LogP contribution in [-0.2, 0) is 9.59 Å². The summed E-state index contributed by atoms with van der Waals surface area (Å²) in [6.45, 7) is 2.72. The molecule has 6 heteroatoms. The molecule has 0 aromatic carbocycles. The third kappa shape index (κ3) is 5.54. The largest absolute Gasteiger partial charge is 0.480 e. The molecule has 20 heavy (non-hydrogen) atoms. The minimum atomic E-state index is -1.00. The third-order valence-corrected chi connectivity index (χ3v) is 3.72. The average Bonchev–Trinajstić information content (AvgIpc) is 2.76. The van der Waals surface area contributed by atoms with Crippen molar-refractivity contribution < 1.29 is 14.7 Å². The fraction of sp³-hybridized carbons (Fsp3) is 0.429. The maximum Gasteiger partial charge on any atom is 0.323 e. The molecule has 1 rings (SSSR count). The smallest absolute Gasteiger partial charge is 0.323 e. The third-order valence-electron chi connectivity index (χ3n) is 2.73. The van der Waals surface area contributed by atoms with Crippen LogP contribution in [0, 0.1) is 6.92 Å². The zero-order valence-electron chi connectivity index (χ0n) is 12.0. The Morgan fingerprint density at radius 3 is 2.55 bits per heavy atom. The molecule has 0 aliphatic rings. The van der Waals surface area contributed by atoms with Crippen molar-refractivity contribution in [1.82, 2.24) is 9.80 Å². The molecule has 0 unspecified atom stereocenters. The summed E-state index contributed by atoms with van der Waals surface area (Å²) in [4.78, 5) is 27.1. The van der Waals surface area contributed by atoms with Gasteiger partial charge in [0.15, 0.2) is 0 Å². The maximum absolute atomic E-state index is 12.1. The van der Waals surface area contributed by atoms with Crippen LogP contribution >= 0.6 is 11.3 Å². The number of aryl methyl sites for hydroxylation is 1. The Balaban J connectivity index is 2.69. The van der Waals surface area contributed by atoms with Crippen LogP contribution in [-0.4, -0.2) is 60.5 Å². The van der Waals surface area contributed by atoms with E-state index < -0.39 is 5.97 Å². The molecule has 0 atom stereocenters. The van der Waals surface area contributed by atoms with Crippen LogP contribution in [0.15, 0.2) is 17.5 Å². The normalized spacial score (nSPS) is 11.2. The van der Waals surface area contributed by atoms with E-state index in [1.54, 1.807) is 17.4 Å². The van der Waals surface area contributed by atoms with Crippen molar-refractivity contribution in [1.29, 1.82) is 0 Å². The topological polar surface area (TPSA) is 60.9 Å². The lowest BCUT2D eigenvalue weighted by Crippen LogP contribution is -2.39. The molecule has 1 aromatic rings. The molecule has 110 valence electrons. The van der Waals surface area contributed by atoms with E-state index in [9.17, 15) is 9.59 Å². The number of carbonyl (C=O) groups excluding carboxylic acids is 1. The number of hydrogen-bond donors (Lipinski definition) is 1. The number of thiophene rings is 1. The summed E-state index contributed by atoms with van der Waals surface area (Å²) in [5.41, 5.74) is 1.11. The summed E-state index contributed by atoms with van der Waals surface area (Å²) >= 11 is 1.55. The van der Waals surface area contributed by atoms with Crippen LogP contribution in [0.4, 0.5) is 0 Å². The van der Waals surface area contributed by atoms with Crippen molar-refractivity contribution in [2.24, 2.45) is 0 Å². The fourth-order valence-corrected chi connectivity index (χ4v) is 2.38. The van der Waals surface area contributed by atoms with Crippen molar-refractivity contribution in [2.75, 3.05) is 33.7 Å². The molecular weight excluding hydrogens is 276 g/mol. The molecule has 0 spiro atoms. The monoisotopic (exact) mass is 296 g/mol. The molecule has 1 amide bonds. The second-order valence-electron chi connectivity index (χ2n) is 4.76. The Morgan fingerprint density at radius 1 is 1.35 bits per heavy atom. The highest BCUT2D eigenvalue weighted by Crippen LogP contribution is 2.17. The standard InChI is InChI=1S/C14H20N2O3S/c1-11-6-9-20-12(11)4-5-13(17)16(10-14(18)19)8-7-15(2)3/h4-6,9H,7-8,10H2,1-3H3,(H,18,19)/b5-4+. The van der Waals surface area contributed by atoms with E-state index >= 15 is 0 Å². The number of amides is 1. The van der Waals surface area contributed by atoms with Gasteiger partial charge in [-0.15, -0.1) is 11.3 Å². The number of carboxylic acids is 1. The average molecular weight is 296 g/mol. The Kier molecular flexibility index (Phi) is 6.41. The molecule has 0 fully saturated rings. The summed E-state index contributed by atoms with van der Waals surface area (Å²) in [7, 11) is 3.77. The van der Waals surface area contributed by atoms with E-state index in [2.05, 4.69) is 0 Å². The van der Waals surface area contributed by atoms with E-state index in [-0.39, 0.29) is 12.5 Å². The number of hydrogen-bond acceptors (Lipinski definition) is 4. The highest BCUT2D eigenvalue weighted by atomic mass is 32.1. The van der Waals surface area contributed by atoms with E-state index in [0.29, 0.717) is 13.1 Å². The molecule has 0 aliphatic heterocycles. The van der Waals surface area contributed by atoms with Crippen molar-refractivity contribution in [3.8, 4) is 0 Å². The summed E-state index contributed by atoms with van der Waals surface area (Å²) in [5, 5.41) is 10.8. The number of rotatable bonds is 7. The Hall–Kier alpha value is -1.66. The highest BCUT2D eigenvalue weighted by molar-refractivity contribution is 7.11. The van der Waals surface area contributed by atoms with Gasteiger partial charge in [-0.25, -0.2) is 0 Å². The van der Waals surface area contributed by atoms with Gasteiger partial charge in [-0.05, 0) is 44.1 Å². The second-order valence-corrected chi connectivity index (χ2v) is 5.71. The number of likely N-dealkylation sites (N-methyl/N-ethyl adjacent to an activating group) is 1. The summed E-state index contributed by atoms with van der Waals surface area (Å²) in [5.74, 6) is -1.28. The SMILES string of the molecule is Cc1ccsc1/C=C/C(=O)N(CCN(C)C)CC(=O)O. The first-order valence-electron chi connectivity index (χ1n) is 6.27. The Labute approximate surface area is 123 Å². The molecule has 1 aromatic heterocycles. The summed E-state index contributed by atoms with van der Waals surface area (Å²) in [6, 6.07) is 1.98. The van der Waals surface area contributed by atoms with Gasteiger partial charge in [0.25, 0.3) is 0 Å². The molecule has 1 heterocycles. The van der Waals surface area contributed by atoms with Gasteiger partial charge in [-0.3, -0.25) is 9.59 Å². The van der Waals surface area contributed by atoms with E-state index in [1.807, 2.05) is 37.4 Å². The minimum absolute atomic E-state index is 0.276. The van der Waals surface area contributed by atoms with Crippen LogP contribution in [0.5, 0.6) is 0 Å². The predicted octanol–water partition coefficient (Wildman–Crippen LogP) is 1.54. The van der Waals surface area contributed by atoms with Crippen LogP contribution < -0.4 is 0 Å². The fourth-order valence-electron chi connectivity index (χ4n) is 1.56. The first-order valence-corrected chi connectivity index (χ1v) is 7.15. The van der Waals surface area contributed by atoms with Gasteiger partial charge in [0.05, 0.1) is 0 Å². The maximum atomic E-state index is 12.1. The van der Waals surface area contributed by atoms with Gasteiger partial charge < -0.3 is 14.9 Å². The van der Waals surface area contributed by atoms with Gasteiger partial charge in [-0.2, -0.15) is 0 Å². The zero-order chi connectivity index (χ0) is 15.1. The lowest BCUT2D eigenvalue weighted by molar-refractivity contribution is -0.142. The minimum Gasteiger partial charge on any atom is -0.480 e. The quantitative estimate of drug-likeness (QED) is 0.775. The number of carbonyl (C=O) groups is 2. The van der Waals surface area contributed by atoms with E-state index in [1.165, 1.54) is 11.0 Å².